The molecule has 0 aliphatic heterocycles. The summed E-state index contributed by atoms with van der Waals surface area (Å²) in [6.45, 7) is 3.54. The predicted molar refractivity (Wildman–Crippen MR) is 110 cm³/mol. The molecule has 5 heteroatoms. The Morgan fingerprint density at radius 3 is 1.82 bits per heavy atom. The van der Waals surface area contributed by atoms with Crippen molar-refractivity contribution in [2.75, 3.05) is 0 Å². The summed E-state index contributed by atoms with van der Waals surface area (Å²) in [6.07, 6.45) is -4.79. The zero-order valence-corrected chi connectivity index (χ0v) is 16.2. The molecular weight excluding hydrogens is 381 g/mol. The first-order valence-corrected chi connectivity index (χ1v) is 9.21. The molecule has 0 aromatic heterocycles. The summed E-state index contributed by atoms with van der Waals surface area (Å²) in [7, 11) is 0. The van der Waals surface area contributed by atoms with Crippen LogP contribution in [0.3, 0.4) is 0 Å². The molecule has 0 N–H and O–H groups in total. The first-order valence-electron chi connectivity index (χ1n) is 8.76. The zero-order valence-electron chi connectivity index (χ0n) is 15.3. The minimum absolute atomic E-state index is 0.183. The summed E-state index contributed by atoms with van der Waals surface area (Å²) in [5.41, 5.74) is 2.38. The van der Waals surface area contributed by atoms with Gasteiger partial charge in [-0.2, -0.15) is 0 Å². The van der Waals surface area contributed by atoms with Gasteiger partial charge in [-0.3, -0.25) is 0 Å². The SMILES string of the molecule is Cc1cc2ccccc2c(-c2c(OC(F)(F)F)c(C)cc3ccccc23)c1S. The molecule has 28 heavy (non-hydrogen) atoms. The highest BCUT2D eigenvalue weighted by atomic mass is 32.1. The summed E-state index contributed by atoms with van der Waals surface area (Å²) in [6, 6.07) is 18.7. The fourth-order valence-electron chi connectivity index (χ4n) is 3.69. The van der Waals surface area contributed by atoms with Crippen molar-refractivity contribution in [1.82, 2.24) is 0 Å². The molecular formula is C23H17F3OS. The number of ether oxygens (including phenoxy) is 1. The third-order valence-corrected chi connectivity index (χ3v) is 5.44. The number of benzene rings is 4. The van der Waals surface area contributed by atoms with Crippen LogP contribution in [0.4, 0.5) is 13.2 Å². The van der Waals surface area contributed by atoms with E-state index in [0.29, 0.717) is 27.0 Å². The van der Waals surface area contributed by atoms with Gasteiger partial charge in [-0.1, -0.05) is 54.6 Å². The minimum Gasteiger partial charge on any atom is -0.405 e. The molecule has 0 fully saturated rings. The number of alkyl halides is 3. The van der Waals surface area contributed by atoms with Crippen LogP contribution in [0, 0.1) is 13.8 Å². The van der Waals surface area contributed by atoms with Gasteiger partial charge in [0, 0.05) is 16.0 Å². The fraction of sp³-hybridized carbons (Fsp3) is 0.130. The molecule has 0 amide bonds. The van der Waals surface area contributed by atoms with Gasteiger partial charge in [0.05, 0.1) is 0 Å². The molecule has 0 unspecified atom stereocenters. The van der Waals surface area contributed by atoms with E-state index in [-0.39, 0.29) is 5.75 Å². The van der Waals surface area contributed by atoms with Crippen LogP contribution in [-0.4, -0.2) is 6.36 Å². The van der Waals surface area contributed by atoms with E-state index in [9.17, 15) is 13.2 Å². The van der Waals surface area contributed by atoms with Gasteiger partial charge in [-0.05, 0) is 52.6 Å². The summed E-state index contributed by atoms with van der Waals surface area (Å²) < 4.78 is 44.3. The van der Waals surface area contributed by atoms with E-state index < -0.39 is 6.36 Å². The Morgan fingerprint density at radius 1 is 0.750 bits per heavy atom. The number of fused-ring (bicyclic) bond motifs is 2. The lowest BCUT2D eigenvalue weighted by Gasteiger charge is -2.21. The topological polar surface area (TPSA) is 9.23 Å². The maximum absolute atomic E-state index is 13.3. The molecule has 0 spiro atoms. The molecule has 1 nitrogen and oxygen atoms in total. The summed E-state index contributed by atoms with van der Waals surface area (Å²) in [4.78, 5) is 0.640. The lowest BCUT2D eigenvalue weighted by Crippen LogP contribution is -2.18. The number of halogens is 3. The maximum atomic E-state index is 13.3. The first kappa shape index (κ1) is 18.7. The molecule has 0 aliphatic rings. The Balaban J connectivity index is 2.22. The predicted octanol–water partition coefficient (Wildman–Crippen LogP) is 7.46. The van der Waals surface area contributed by atoms with E-state index in [4.69, 9.17) is 0 Å². The molecule has 4 aromatic rings. The Bertz CT molecular complexity index is 1210. The second-order valence-corrected chi connectivity index (χ2v) is 7.25. The quantitative estimate of drug-likeness (QED) is 0.345. The molecule has 0 radical (unpaired) electrons. The van der Waals surface area contributed by atoms with Crippen molar-refractivity contribution in [1.29, 1.82) is 0 Å². The first-order chi connectivity index (χ1) is 13.3. The zero-order chi connectivity index (χ0) is 20.1. The number of hydrogen-bond donors (Lipinski definition) is 1. The average molecular weight is 398 g/mol. The Labute approximate surface area is 166 Å². The molecule has 0 bridgehead atoms. The Morgan fingerprint density at radius 2 is 1.25 bits per heavy atom. The van der Waals surface area contributed by atoms with Crippen LogP contribution >= 0.6 is 12.6 Å². The van der Waals surface area contributed by atoms with Crippen LogP contribution in [0.2, 0.25) is 0 Å². The van der Waals surface area contributed by atoms with E-state index >= 15 is 0 Å². The summed E-state index contributed by atoms with van der Waals surface area (Å²) in [5, 5.41) is 3.32. The van der Waals surface area contributed by atoms with Gasteiger partial charge in [0.2, 0.25) is 0 Å². The van der Waals surface area contributed by atoms with Gasteiger partial charge in [0.1, 0.15) is 5.75 Å². The average Bonchev–Trinajstić information content (AvgIpc) is 2.63. The van der Waals surface area contributed by atoms with Crippen molar-refractivity contribution in [2.24, 2.45) is 0 Å². The Kier molecular flexibility index (Phi) is 4.50. The molecule has 0 aliphatic carbocycles. The molecule has 0 saturated heterocycles. The van der Waals surface area contributed by atoms with Crippen LogP contribution in [0.15, 0.2) is 65.6 Å². The summed E-state index contributed by atoms with van der Waals surface area (Å²) >= 11 is 4.68. The van der Waals surface area contributed by atoms with Crippen molar-refractivity contribution >= 4 is 34.2 Å². The van der Waals surface area contributed by atoms with Crippen molar-refractivity contribution < 1.29 is 17.9 Å². The lowest BCUT2D eigenvalue weighted by molar-refractivity contribution is -0.274. The molecule has 0 saturated carbocycles. The molecule has 4 aromatic carbocycles. The third-order valence-electron chi connectivity index (χ3n) is 4.87. The maximum Gasteiger partial charge on any atom is 0.573 e. The number of thiol groups is 1. The molecule has 0 atom stereocenters. The highest BCUT2D eigenvalue weighted by molar-refractivity contribution is 7.80. The monoisotopic (exact) mass is 398 g/mol. The van der Waals surface area contributed by atoms with Gasteiger partial charge >= 0.3 is 6.36 Å². The second kappa shape index (κ2) is 6.74. The molecule has 4 rings (SSSR count). The van der Waals surface area contributed by atoms with Gasteiger partial charge in [-0.15, -0.1) is 25.8 Å². The van der Waals surface area contributed by atoms with Crippen molar-refractivity contribution in [3.63, 3.8) is 0 Å². The highest BCUT2D eigenvalue weighted by Crippen LogP contribution is 2.47. The van der Waals surface area contributed by atoms with Crippen LogP contribution < -0.4 is 4.74 Å². The smallest absolute Gasteiger partial charge is 0.405 e. The van der Waals surface area contributed by atoms with E-state index in [2.05, 4.69) is 17.4 Å². The van der Waals surface area contributed by atoms with Gasteiger partial charge in [0.25, 0.3) is 0 Å². The van der Waals surface area contributed by atoms with E-state index in [1.54, 1.807) is 13.0 Å². The van der Waals surface area contributed by atoms with Gasteiger partial charge in [0.15, 0.2) is 0 Å². The highest BCUT2D eigenvalue weighted by Gasteiger charge is 2.34. The lowest BCUT2D eigenvalue weighted by atomic mass is 9.90. The van der Waals surface area contributed by atoms with Gasteiger partial charge < -0.3 is 4.74 Å². The summed E-state index contributed by atoms with van der Waals surface area (Å²) in [5.74, 6) is -0.183. The molecule has 142 valence electrons. The number of aryl methyl sites for hydroxylation is 2. The van der Waals surface area contributed by atoms with Gasteiger partial charge in [-0.25, -0.2) is 0 Å². The second-order valence-electron chi connectivity index (χ2n) is 6.80. The number of rotatable bonds is 2. The largest absolute Gasteiger partial charge is 0.573 e. The standard InChI is InChI=1S/C23H17F3OS/c1-13-11-15-7-3-5-9-17(15)19(21(13)27-23(24,25)26)20-18-10-6-4-8-16(18)12-14(2)22(20)28/h3-12,28H,1-2H3. The van der Waals surface area contributed by atoms with Crippen LogP contribution in [-0.2, 0) is 0 Å². The van der Waals surface area contributed by atoms with Crippen LogP contribution in [0.5, 0.6) is 5.75 Å². The van der Waals surface area contributed by atoms with Crippen molar-refractivity contribution in [2.45, 2.75) is 25.1 Å². The Hall–Kier alpha value is -2.66. The van der Waals surface area contributed by atoms with E-state index in [0.717, 1.165) is 21.7 Å². The molecule has 0 heterocycles. The fourth-order valence-corrected chi connectivity index (χ4v) is 3.99. The third kappa shape index (κ3) is 3.20. The van der Waals surface area contributed by atoms with Crippen LogP contribution in [0.1, 0.15) is 11.1 Å². The number of hydrogen-bond acceptors (Lipinski definition) is 2. The van der Waals surface area contributed by atoms with Crippen molar-refractivity contribution in [3.8, 4) is 16.9 Å². The minimum atomic E-state index is -4.79. The van der Waals surface area contributed by atoms with Crippen molar-refractivity contribution in [3.05, 3.63) is 71.8 Å². The van der Waals surface area contributed by atoms with Crippen LogP contribution in [0.25, 0.3) is 32.7 Å². The van der Waals surface area contributed by atoms with E-state index in [1.165, 1.54) is 0 Å². The van der Waals surface area contributed by atoms with E-state index in [1.807, 2.05) is 61.5 Å². The normalized spacial score (nSPS) is 11.9.